The van der Waals surface area contributed by atoms with Gasteiger partial charge < -0.3 is 67.4 Å². The van der Waals surface area contributed by atoms with Crippen LogP contribution in [-0.2, 0) is 111 Å². The number of ether oxygens (including phenoxy) is 12. The number of benzene rings is 6. The number of allylic oxidation sites excluding steroid dienone is 1. The normalized spacial score (nSPS) is 26.5. The minimum Gasteiger partial charge on any atom is -0.374 e. The van der Waals surface area contributed by atoms with E-state index in [-0.39, 0.29) is 59.5 Å². The second-order valence-electron chi connectivity index (χ2n) is 22.6. The van der Waals surface area contributed by atoms with Crippen molar-refractivity contribution < 1.29 is 71.2 Å². The Labute approximate surface area is 526 Å². The van der Waals surface area contributed by atoms with E-state index in [0.717, 1.165) is 39.7 Å². The number of ketones is 2. The van der Waals surface area contributed by atoms with Crippen molar-refractivity contribution in [1.82, 2.24) is 0 Å². The van der Waals surface area contributed by atoms with Gasteiger partial charge in [-0.3, -0.25) is 9.59 Å². The highest BCUT2D eigenvalue weighted by Crippen LogP contribution is 2.38. The Morgan fingerprint density at radius 2 is 0.730 bits per heavy atom. The molecule has 0 aromatic heterocycles. The van der Waals surface area contributed by atoms with Crippen LogP contribution < -0.4 is 5.73 Å². The summed E-state index contributed by atoms with van der Waals surface area (Å²) >= 11 is 0. The van der Waals surface area contributed by atoms with Gasteiger partial charge in [-0.25, -0.2) is 0 Å². The third-order valence-electron chi connectivity index (χ3n) is 16.5. The van der Waals surface area contributed by atoms with Crippen LogP contribution in [0.15, 0.2) is 195 Å². The van der Waals surface area contributed by atoms with Crippen LogP contribution >= 0.6 is 0 Å². The molecule has 89 heavy (non-hydrogen) atoms. The van der Waals surface area contributed by atoms with E-state index in [9.17, 15) is 14.4 Å². The van der Waals surface area contributed by atoms with Crippen molar-refractivity contribution in [3.63, 3.8) is 0 Å². The Kier molecular flexibility index (Phi) is 30.1. The molecular weight excluding hydrogens is 1130 g/mol. The second-order valence-corrected chi connectivity index (χ2v) is 22.6. The molecule has 16 heteroatoms. The van der Waals surface area contributed by atoms with Crippen LogP contribution in [0.3, 0.4) is 0 Å². The summed E-state index contributed by atoms with van der Waals surface area (Å²) in [6.07, 6.45) is -1.61. The lowest BCUT2D eigenvalue weighted by Crippen LogP contribution is -2.56. The van der Waals surface area contributed by atoms with Crippen molar-refractivity contribution in [2.24, 2.45) is 41.2 Å². The van der Waals surface area contributed by atoms with Gasteiger partial charge in [0.05, 0.1) is 95.5 Å². The maximum atomic E-state index is 13.0. The summed E-state index contributed by atoms with van der Waals surface area (Å²) in [6.45, 7) is 13.8. The SMILES string of the molecule is C=CC(=O)[C@@H]1C(OCc2ccccc2)[C@H](OC)OC(COCc2ccccc2)[C@@H]1C.CO[C@@H]1OC(COCc2ccccc2)[C@H](C)[C@H](C(=O)CCN)C1OCc1ccccc1.CO[C@@H]1OC(COCc2ccccc2)[C@H](C)[C@H](C=O)C1OCc1ccccc1. The molecule has 0 bridgehead atoms. The minimum absolute atomic E-state index is 0.0413. The average molecular weight is 1220 g/mol. The first kappa shape index (κ1) is 70.0. The second kappa shape index (κ2) is 38.3. The fourth-order valence-electron chi connectivity index (χ4n) is 11.4. The Morgan fingerprint density at radius 3 is 1.04 bits per heavy atom. The van der Waals surface area contributed by atoms with E-state index >= 15 is 0 Å². The van der Waals surface area contributed by atoms with Gasteiger partial charge in [-0.05, 0) is 63.8 Å². The third kappa shape index (κ3) is 21.3. The highest BCUT2D eigenvalue weighted by atomic mass is 16.7. The van der Waals surface area contributed by atoms with Gasteiger partial charge in [-0.1, -0.05) is 209 Å². The van der Waals surface area contributed by atoms with Crippen molar-refractivity contribution >= 4 is 17.9 Å². The van der Waals surface area contributed by atoms with E-state index in [1.54, 1.807) is 21.3 Å². The van der Waals surface area contributed by atoms with Crippen molar-refractivity contribution in [2.45, 2.75) is 122 Å². The molecule has 3 saturated heterocycles. The van der Waals surface area contributed by atoms with E-state index in [4.69, 9.17) is 62.6 Å². The molecule has 2 N–H and O–H groups in total. The molecule has 15 atom stereocenters. The maximum Gasteiger partial charge on any atom is 0.184 e. The summed E-state index contributed by atoms with van der Waals surface area (Å²) in [7, 11) is 4.71. The molecule has 6 aromatic rings. The van der Waals surface area contributed by atoms with Crippen LogP contribution in [0.1, 0.15) is 60.6 Å². The molecule has 0 amide bonds. The van der Waals surface area contributed by atoms with E-state index in [2.05, 4.69) is 6.58 Å². The lowest BCUT2D eigenvalue weighted by atomic mass is 9.78. The Morgan fingerprint density at radius 1 is 0.438 bits per heavy atom. The van der Waals surface area contributed by atoms with Crippen LogP contribution in [0.4, 0.5) is 0 Å². The lowest BCUT2D eigenvalue weighted by molar-refractivity contribution is -0.279. The fourth-order valence-corrected chi connectivity index (χ4v) is 11.4. The minimum atomic E-state index is -0.663. The number of aldehydes is 1. The zero-order valence-corrected chi connectivity index (χ0v) is 52.3. The predicted molar refractivity (Wildman–Crippen MR) is 338 cm³/mol. The van der Waals surface area contributed by atoms with Crippen LogP contribution in [0.5, 0.6) is 0 Å². The smallest absolute Gasteiger partial charge is 0.184 e. The van der Waals surface area contributed by atoms with E-state index < -0.39 is 43.1 Å². The summed E-state index contributed by atoms with van der Waals surface area (Å²) in [5, 5.41) is 0. The zero-order chi connectivity index (χ0) is 63.2. The number of Topliss-reactive ketones (excluding diaryl/α,β-unsaturated/α-hetero) is 1. The van der Waals surface area contributed by atoms with Crippen LogP contribution in [0.25, 0.3) is 0 Å². The zero-order valence-electron chi connectivity index (χ0n) is 52.3. The molecular formula is C73H91NO15. The van der Waals surface area contributed by atoms with Crippen molar-refractivity contribution in [2.75, 3.05) is 47.7 Å². The third-order valence-corrected chi connectivity index (χ3v) is 16.5. The molecule has 6 aromatic carbocycles. The molecule has 16 nitrogen and oxygen atoms in total. The quantitative estimate of drug-likeness (QED) is 0.0331. The summed E-state index contributed by atoms with van der Waals surface area (Å²) in [5.41, 5.74) is 12.1. The number of nitrogens with two attached hydrogens (primary N) is 1. The molecule has 478 valence electrons. The fraction of sp³-hybridized carbons (Fsp3) is 0.438. The van der Waals surface area contributed by atoms with Crippen molar-refractivity contribution in [1.29, 1.82) is 0 Å². The molecule has 3 aliphatic heterocycles. The topological polar surface area (TPSA) is 188 Å². The van der Waals surface area contributed by atoms with Crippen molar-refractivity contribution in [3.8, 4) is 0 Å². The molecule has 3 fully saturated rings. The first-order valence-electron chi connectivity index (χ1n) is 30.7. The first-order chi connectivity index (χ1) is 43.5. The Bertz CT molecular complexity index is 2910. The number of carbonyl (C=O) groups is 3. The van der Waals surface area contributed by atoms with Crippen LogP contribution in [0, 0.1) is 35.5 Å². The summed E-state index contributed by atoms with van der Waals surface area (Å²) in [5.74, 6) is -1.37. The predicted octanol–water partition coefficient (Wildman–Crippen LogP) is 11.1. The van der Waals surface area contributed by atoms with Crippen molar-refractivity contribution in [3.05, 3.63) is 228 Å². The summed E-state index contributed by atoms with van der Waals surface area (Å²) < 4.78 is 71.1. The summed E-state index contributed by atoms with van der Waals surface area (Å²) in [6, 6.07) is 59.5. The van der Waals surface area contributed by atoms with Gasteiger partial charge in [0.2, 0.25) is 0 Å². The van der Waals surface area contributed by atoms with Gasteiger partial charge >= 0.3 is 0 Å². The standard InChI is InChI=1S/C25H33NO5.C25H30O5.C23H28O5/c1-18-22(17-29-15-19-9-5-3-6-10-19)31-25(28-2)24(23(18)21(27)13-14-26)30-16-20-11-7-4-8-12-20;1-4-21(26)23-18(2)22(17-28-15-19-11-7-5-8-12-19)30-25(27-3)24(23)29-16-20-13-9-6-10-14-20;1-17-20(13-24)22(27-15-19-11-7-4-8-12-19)23(25-2)28-21(17)16-26-14-18-9-5-3-6-10-18/h3-12,18,22-25H,13-17,26H2,1-2H3;4-14,18,22-25H,1,15-17H2,2-3H3;3-13,17,20-23H,14-16H2,1-2H3/t2*18-,22?,23+,24?,25+;17-,20+,21?,22?,23-/m001/s1. The van der Waals surface area contributed by atoms with Gasteiger partial charge in [-0.2, -0.15) is 0 Å². The van der Waals surface area contributed by atoms with Gasteiger partial charge in [-0.15, -0.1) is 0 Å². The monoisotopic (exact) mass is 1220 g/mol. The van der Waals surface area contributed by atoms with Gasteiger partial charge in [0.25, 0.3) is 0 Å². The summed E-state index contributed by atoms with van der Waals surface area (Å²) in [4.78, 5) is 37.6. The number of hydrogen-bond donors (Lipinski definition) is 1. The van der Waals surface area contributed by atoms with Gasteiger partial charge in [0, 0.05) is 27.8 Å². The molecule has 6 unspecified atom stereocenters. The van der Waals surface area contributed by atoms with Gasteiger partial charge in [0.1, 0.15) is 30.4 Å². The van der Waals surface area contributed by atoms with E-state index in [0.29, 0.717) is 72.4 Å². The largest absolute Gasteiger partial charge is 0.374 e. The number of rotatable bonds is 30. The highest BCUT2D eigenvalue weighted by Gasteiger charge is 2.49. The van der Waals surface area contributed by atoms with Gasteiger partial charge in [0.15, 0.2) is 24.7 Å². The molecule has 3 heterocycles. The molecule has 0 spiro atoms. The lowest BCUT2D eigenvalue weighted by Gasteiger charge is -2.44. The van der Waals surface area contributed by atoms with E-state index in [1.807, 2.05) is 203 Å². The maximum absolute atomic E-state index is 13.0. The average Bonchev–Trinajstić information content (AvgIpc) is 2.20. The molecule has 3 aliphatic rings. The number of hydrogen-bond acceptors (Lipinski definition) is 16. The Hall–Kier alpha value is -6.45. The number of methoxy groups -OCH3 is 3. The first-order valence-corrected chi connectivity index (χ1v) is 30.7. The highest BCUT2D eigenvalue weighted by molar-refractivity contribution is 5.92. The molecule has 0 saturated carbocycles. The van der Waals surface area contributed by atoms with E-state index in [1.165, 1.54) is 6.08 Å². The molecule has 0 radical (unpaired) electrons. The van der Waals surface area contributed by atoms with Crippen LogP contribution in [-0.4, -0.2) is 121 Å². The molecule has 0 aliphatic carbocycles. The Balaban J connectivity index is 0.000000190. The van der Waals surface area contributed by atoms with Crippen LogP contribution in [0.2, 0.25) is 0 Å². The number of carbonyl (C=O) groups excluding carboxylic acids is 3. The molecule has 9 rings (SSSR count).